The monoisotopic (exact) mass is 348 g/mol. The molecule has 0 radical (unpaired) electrons. The van der Waals surface area contributed by atoms with Crippen LogP contribution in [0, 0.1) is 0 Å². The number of likely N-dealkylation sites (N-methyl/N-ethyl adjacent to an activating group) is 1. The number of aromatic amines is 1. The minimum atomic E-state index is -0.412. The average molecular weight is 349 g/mol. The molecule has 2 N–H and O–H groups in total. The van der Waals surface area contributed by atoms with E-state index >= 15 is 0 Å². The Hall–Kier alpha value is -1.41. The third kappa shape index (κ3) is 2.97. The highest BCUT2D eigenvalue weighted by Gasteiger charge is 2.52. The lowest BCUT2D eigenvalue weighted by atomic mass is 9.77. The van der Waals surface area contributed by atoms with Crippen molar-refractivity contribution >= 4 is 35.8 Å². The lowest BCUT2D eigenvalue weighted by Gasteiger charge is -2.32. The van der Waals surface area contributed by atoms with E-state index in [0.29, 0.717) is 11.7 Å². The fourth-order valence-corrected chi connectivity index (χ4v) is 2.83. The topological polar surface area (TPSA) is 72.1 Å². The van der Waals surface area contributed by atoms with Gasteiger partial charge in [-0.15, -0.1) is 0 Å². The van der Waals surface area contributed by atoms with Crippen molar-refractivity contribution in [3.8, 4) is 0 Å². The number of aromatic nitrogens is 3. The number of rotatable bonds is 4. The van der Waals surface area contributed by atoms with Gasteiger partial charge in [-0.1, -0.05) is 17.7 Å². The molecule has 1 saturated heterocycles. The zero-order valence-corrected chi connectivity index (χ0v) is 15.4. The molecule has 0 aliphatic carbocycles. The van der Waals surface area contributed by atoms with Crippen molar-refractivity contribution in [3.05, 3.63) is 28.7 Å². The minimum Gasteiger partial charge on any atom is -0.400 e. The fraction of sp³-hybridized carbons (Fsp3) is 0.500. The van der Waals surface area contributed by atoms with Crippen LogP contribution in [0.3, 0.4) is 0 Å². The number of hydrogen-bond donors (Lipinski definition) is 2. The predicted octanol–water partition coefficient (Wildman–Crippen LogP) is 2.85. The van der Waals surface area contributed by atoms with Crippen LogP contribution in [-0.4, -0.2) is 46.9 Å². The molecule has 1 fully saturated rings. The van der Waals surface area contributed by atoms with Crippen LogP contribution in [0.1, 0.15) is 33.3 Å². The Morgan fingerprint density at radius 3 is 2.58 bits per heavy atom. The highest BCUT2D eigenvalue weighted by molar-refractivity contribution is 6.56. The molecule has 0 aromatic carbocycles. The van der Waals surface area contributed by atoms with Crippen molar-refractivity contribution in [1.29, 1.82) is 0 Å². The largest absolute Gasteiger partial charge is 0.491 e. The average Bonchev–Trinajstić information content (AvgIpc) is 2.99. The first-order valence-corrected chi connectivity index (χ1v) is 8.31. The van der Waals surface area contributed by atoms with Crippen molar-refractivity contribution in [2.45, 2.75) is 38.9 Å². The first-order chi connectivity index (χ1) is 11.2. The first kappa shape index (κ1) is 17.4. The molecule has 0 amide bonds. The Labute approximate surface area is 147 Å². The summed E-state index contributed by atoms with van der Waals surface area (Å²) in [4.78, 5) is 11.4. The van der Waals surface area contributed by atoms with Crippen LogP contribution in [0.15, 0.2) is 18.0 Å². The number of fused-ring (bicyclic) bond motifs is 1. The van der Waals surface area contributed by atoms with Crippen LogP contribution in [0.25, 0.3) is 17.1 Å². The van der Waals surface area contributed by atoms with Crippen molar-refractivity contribution < 1.29 is 9.31 Å². The van der Waals surface area contributed by atoms with Crippen LogP contribution in [0.4, 0.5) is 0 Å². The quantitative estimate of drug-likeness (QED) is 0.656. The summed E-state index contributed by atoms with van der Waals surface area (Å²) in [5, 5.41) is 3.58. The summed E-state index contributed by atoms with van der Waals surface area (Å²) < 4.78 is 12.3. The second-order valence-electron chi connectivity index (χ2n) is 6.97. The Morgan fingerprint density at radius 2 is 1.96 bits per heavy atom. The molecule has 0 bridgehead atoms. The second-order valence-corrected chi connectivity index (χ2v) is 7.33. The lowest BCUT2D eigenvalue weighted by Crippen LogP contribution is -2.41. The zero-order chi connectivity index (χ0) is 17.5. The summed E-state index contributed by atoms with van der Waals surface area (Å²) in [6.45, 7) is 8.82. The van der Waals surface area contributed by atoms with E-state index in [1.165, 1.54) is 6.33 Å². The molecule has 0 unspecified atom stereocenters. The second kappa shape index (κ2) is 6.15. The van der Waals surface area contributed by atoms with E-state index in [1.54, 1.807) is 0 Å². The van der Waals surface area contributed by atoms with Crippen molar-refractivity contribution in [2.75, 3.05) is 13.6 Å². The normalized spacial score (nSPS) is 20.1. The van der Waals surface area contributed by atoms with Crippen molar-refractivity contribution in [1.82, 2.24) is 20.3 Å². The standard InChI is InChI=1S/C16H22BClN4O2/c1-15(2)16(3,4)24-17(23-15)11(8-19-5)6-10-7-20-13-12(10)21-9-22-14(13)18/h6-7,9,19-20H,8H2,1-5H3. The molecule has 0 saturated carbocycles. The van der Waals surface area contributed by atoms with Gasteiger partial charge < -0.3 is 19.6 Å². The number of nitrogens with zero attached hydrogens (tertiary/aromatic N) is 2. The number of hydrogen-bond acceptors (Lipinski definition) is 5. The van der Waals surface area contributed by atoms with Gasteiger partial charge in [0.2, 0.25) is 0 Å². The summed E-state index contributed by atoms with van der Waals surface area (Å²) in [5.74, 6) is 0. The molecule has 128 valence electrons. The molecule has 3 rings (SSSR count). The summed E-state index contributed by atoms with van der Waals surface area (Å²) in [5.41, 5.74) is 2.66. The fourth-order valence-electron chi connectivity index (χ4n) is 2.64. The Morgan fingerprint density at radius 1 is 1.29 bits per heavy atom. The van der Waals surface area contributed by atoms with Gasteiger partial charge in [-0.25, -0.2) is 9.97 Å². The first-order valence-electron chi connectivity index (χ1n) is 7.93. The molecular weight excluding hydrogens is 326 g/mol. The highest BCUT2D eigenvalue weighted by Crippen LogP contribution is 2.39. The molecule has 2 aromatic heterocycles. The SMILES string of the molecule is CNCC(=Cc1c[nH]c2c(Cl)ncnc12)B1OC(C)(C)C(C)(C)O1. The number of nitrogens with one attached hydrogen (secondary N) is 2. The van der Waals surface area contributed by atoms with Gasteiger partial charge in [0.15, 0.2) is 5.15 Å². The van der Waals surface area contributed by atoms with Gasteiger partial charge in [0.05, 0.1) is 11.2 Å². The van der Waals surface area contributed by atoms with Gasteiger partial charge in [-0.05, 0) is 40.2 Å². The molecule has 6 nitrogen and oxygen atoms in total. The van der Waals surface area contributed by atoms with Gasteiger partial charge in [0, 0.05) is 18.3 Å². The predicted molar refractivity (Wildman–Crippen MR) is 96.9 cm³/mol. The van der Waals surface area contributed by atoms with Crippen LogP contribution < -0.4 is 5.32 Å². The zero-order valence-electron chi connectivity index (χ0n) is 14.6. The molecule has 2 aromatic rings. The third-order valence-corrected chi connectivity index (χ3v) is 5.01. The van der Waals surface area contributed by atoms with Crippen LogP contribution in [-0.2, 0) is 9.31 Å². The Kier molecular flexibility index (Phi) is 4.46. The van der Waals surface area contributed by atoms with E-state index in [0.717, 1.165) is 22.1 Å². The van der Waals surface area contributed by atoms with Gasteiger partial charge in [0.25, 0.3) is 0 Å². The molecule has 0 atom stereocenters. The molecule has 1 aliphatic heterocycles. The summed E-state index contributed by atoms with van der Waals surface area (Å²) >= 11 is 6.11. The Bertz CT molecular complexity index is 771. The summed E-state index contributed by atoms with van der Waals surface area (Å²) in [6.07, 6.45) is 5.36. The lowest BCUT2D eigenvalue weighted by molar-refractivity contribution is 0.00578. The van der Waals surface area contributed by atoms with E-state index in [1.807, 2.05) is 47.0 Å². The van der Waals surface area contributed by atoms with E-state index in [2.05, 4.69) is 20.3 Å². The van der Waals surface area contributed by atoms with Gasteiger partial charge in [-0.2, -0.15) is 0 Å². The smallest absolute Gasteiger partial charge is 0.400 e. The highest BCUT2D eigenvalue weighted by atomic mass is 35.5. The van der Waals surface area contributed by atoms with Gasteiger partial charge >= 0.3 is 7.12 Å². The van der Waals surface area contributed by atoms with E-state index in [9.17, 15) is 0 Å². The van der Waals surface area contributed by atoms with E-state index in [4.69, 9.17) is 20.9 Å². The van der Waals surface area contributed by atoms with E-state index in [-0.39, 0.29) is 11.2 Å². The van der Waals surface area contributed by atoms with Crippen molar-refractivity contribution in [3.63, 3.8) is 0 Å². The molecule has 8 heteroatoms. The maximum atomic E-state index is 6.16. The van der Waals surface area contributed by atoms with Crippen LogP contribution in [0.5, 0.6) is 0 Å². The third-order valence-electron chi connectivity index (χ3n) is 4.72. The van der Waals surface area contributed by atoms with Crippen LogP contribution in [0.2, 0.25) is 5.15 Å². The molecule has 24 heavy (non-hydrogen) atoms. The van der Waals surface area contributed by atoms with Crippen LogP contribution >= 0.6 is 11.6 Å². The molecule has 3 heterocycles. The van der Waals surface area contributed by atoms with Gasteiger partial charge in [0.1, 0.15) is 17.4 Å². The van der Waals surface area contributed by atoms with E-state index < -0.39 is 7.12 Å². The van der Waals surface area contributed by atoms with Crippen molar-refractivity contribution in [2.24, 2.45) is 0 Å². The Balaban J connectivity index is 1.99. The molecule has 0 spiro atoms. The summed E-state index contributed by atoms with van der Waals surface area (Å²) in [7, 11) is 1.48. The molecule has 1 aliphatic rings. The van der Waals surface area contributed by atoms with Gasteiger partial charge in [-0.3, -0.25) is 0 Å². The minimum absolute atomic E-state index is 0.379. The maximum absolute atomic E-state index is 6.16. The number of halogens is 1. The summed E-state index contributed by atoms with van der Waals surface area (Å²) in [6, 6.07) is 0. The maximum Gasteiger partial charge on any atom is 0.491 e. The number of H-pyrrole nitrogens is 1. The molecular formula is C16H22BClN4O2.